The lowest BCUT2D eigenvalue weighted by Crippen LogP contribution is -2.27. The normalized spacial score (nSPS) is 14.2. The second-order valence-electron chi connectivity index (χ2n) is 25.3. The highest BCUT2D eigenvalue weighted by molar-refractivity contribution is 6.09. The van der Waals surface area contributed by atoms with E-state index in [9.17, 15) is 0 Å². The quantitative estimate of drug-likeness (QED) is 0.161. The Balaban J connectivity index is 0.959. The molecule has 0 atom stereocenters. The van der Waals surface area contributed by atoms with Crippen LogP contribution in [0.1, 0.15) is 99.9 Å². The first-order valence-corrected chi connectivity index (χ1v) is 28.6. The van der Waals surface area contributed by atoms with Gasteiger partial charge in [0.05, 0.1) is 22.1 Å². The van der Waals surface area contributed by atoms with Gasteiger partial charge in [0.1, 0.15) is 0 Å². The molecule has 0 bridgehead atoms. The Bertz CT molecular complexity index is 4410. The average Bonchev–Trinajstić information content (AvgIpc) is 4.34. The topological polar surface area (TPSA) is 8.17 Å². The fourth-order valence-corrected chi connectivity index (χ4v) is 14.4. The van der Waals surface area contributed by atoms with Crippen molar-refractivity contribution in [1.29, 1.82) is 0 Å². The molecule has 1 spiro atoms. The van der Waals surface area contributed by atoms with Gasteiger partial charge < -0.3 is 9.47 Å². The molecule has 12 aromatic rings. The van der Waals surface area contributed by atoms with Crippen LogP contribution < -0.4 is 4.90 Å². The molecule has 0 amide bonds. The van der Waals surface area contributed by atoms with Crippen molar-refractivity contribution < 1.29 is 0 Å². The summed E-state index contributed by atoms with van der Waals surface area (Å²) in [7, 11) is 0. The van der Waals surface area contributed by atoms with Crippen LogP contribution in [0.5, 0.6) is 0 Å². The number of aromatic nitrogens is 1. The molecular formula is C78H64N2. The maximum atomic E-state index is 2.56. The van der Waals surface area contributed by atoms with Crippen LogP contribution in [0.15, 0.2) is 243 Å². The van der Waals surface area contributed by atoms with Gasteiger partial charge in [-0.2, -0.15) is 0 Å². The molecule has 11 aromatic carbocycles. The van der Waals surface area contributed by atoms with Gasteiger partial charge in [-0.05, 0) is 160 Å². The summed E-state index contributed by atoms with van der Waals surface area (Å²) in [5.74, 6) is 0. The van der Waals surface area contributed by atoms with Gasteiger partial charge >= 0.3 is 0 Å². The van der Waals surface area contributed by atoms with E-state index in [0.717, 1.165) is 28.3 Å². The van der Waals surface area contributed by atoms with Gasteiger partial charge in [0.15, 0.2) is 0 Å². The zero-order valence-electron chi connectivity index (χ0n) is 47.0. The fraction of sp³-hybridized carbons (Fsp3) is 0.154. The van der Waals surface area contributed by atoms with E-state index in [4.69, 9.17) is 0 Å². The highest BCUT2D eigenvalue weighted by Gasteiger charge is 2.52. The van der Waals surface area contributed by atoms with Crippen molar-refractivity contribution in [3.05, 3.63) is 287 Å². The summed E-state index contributed by atoms with van der Waals surface area (Å²) in [6.07, 6.45) is 0. The van der Waals surface area contributed by atoms with Crippen LogP contribution in [0, 0.1) is 0 Å². The first-order valence-electron chi connectivity index (χ1n) is 28.6. The predicted octanol–water partition coefficient (Wildman–Crippen LogP) is 20.8. The Hall–Kier alpha value is -8.98. The number of fused-ring (bicyclic) bond motifs is 16. The Labute approximate surface area is 471 Å². The Kier molecular flexibility index (Phi) is 10.4. The summed E-state index contributed by atoms with van der Waals surface area (Å²) in [6, 6.07) is 92.4. The third-order valence-electron chi connectivity index (χ3n) is 18.3. The number of benzene rings is 11. The molecule has 2 nitrogen and oxygen atoms in total. The van der Waals surface area contributed by atoms with E-state index in [2.05, 4.69) is 308 Å². The molecule has 0 radical (unpaired) electrons. The largest absolute Gasteiger partial charge is 0.310 e. The smallest absolute Gasteiger partial charge is 0.0726 e. The van der Waals surface area contributed by atoms with Gasteiger partial charge in [-0.1, -0.05) is 243 Å². The maximum Gasteiger partial charge on any atom is 0.0726 e. The lowest BCUT2D eigenvalue weighted by Gasteiger charge is -2.34. The summed E-state index contributed by atoms with van der Waals surface area (Å²) in [5, 5.41) is 2.53. The van der Waals surface area contributed by atoms with Crippen molar-refractivity contribution in [3.63, 3.8) is 0 Å². The van der Waals surface area contributed by atoms with Crippen molar-refractivity contribution in [2.45, 2.75) is 77.0 Å². The van der Waals surface area contributed by atoms with Crippen LogP contribution >= 0.6 is 0 Å². The molecule has 80 heavy (non-hydrogen) atoms. The summed E-state index contributed by atoms with van der Waals surface area (Å²) in [6.45, 7) is 18.8. The van der Waals surface area contributed by atoms with Gasteiger partial charge in [0.25, 0.3) is 0 Å². The van der Waals surface area contributed by atoms with Crippen molar-refractivity contribution in [3.8, 4) is 61.3 Å². The lowest BCUT2D eigenvalue weighted by atomic mass is 9.68. The average molecular weight is 1030 g/mol. The van der Waals surface area contributed by atoms with Gasteiger partial charge in [-0.25, -0.2) is 0 Å². The molecule has 0 saturated carbocycles. The van der Waals surface area contributed by atoms with Crippen LogP contribution in [0.4, 0.5) is 17.1 Å². The predicted molar refractivity (Wildman–Crippen MR) is 338 cm³/mol. The highest BCUT2D eigenvalue weighted by atomic mass is 15.1. The minimum atomic E-state index is -0.554. The minimum absolute atomic E-state index is 0.0449. The van der Waals surface area contributed by atoms with Crippen molar-refractivity contribution in [1.82, 2.24) is 4.57 Å². The van der Waals surface area contributed by atoms with Crippen LogP contribution in [0.2, 0.25) is 0 Å². The Morgan fingerprint density at radius 1 is 0.338 bits per heavy atom. The summed E-state index contributed by atoms with van der Waals surface area (Å²) in [4.78, 5) is 2.55. The highest BCUT2D eigenvalue weighted by Crippen LogP contribution is 2.64. The number of para-hydroxylation sites is 3. The summed E-state index contributed by atoms with van der Waals surface area (Å²) in [5.41, 5.74) is 29.6. The van der Waals surface area contributed by atoms with Gasteiger partial charge in [-0.3, -0.25) is 0 Å². The maximum absolute atomic E-state index is 2.56. The number of hydrogen-bond acceptors (Lipinski definition) is 1. The molecule has 0 fully saturated rings. The zero-order chi connectivity index (χ0) is 54.5. The molecule has 1 heterocycles. The summed E-state index contributed by atoms with van der Waals surface area (Å²) < 4.78 is 2.41. The van der Waals surface area contributed by atoms with Crippen LogP contribution in [-0.4, -0.2) is 4.57 Å². The summed E-state index contributed by atoms with van der Waals surface area (Å²) >= 11 is 0. The molecule has 3 aliphatic rings. The van der Waals surface area contributed by atoms with Crippen LogP contribution in [-0.2, 0) is 21.7 Å². The third-order valence-corrected chi connectivity index (χ3v) is 18.3. The van der Waals surface area contributed by atoms with Gasteiger partial charge in [-0.15, -0.1) is 0 Å². The molecule has 0 unspecified atom stereocenters. The standard InChI is InChI=1S/C78H64N2/c1-75(2,3)51-37-42-57-58-43-38-52(76(4,5)6)47-69(58)78(68(57)46-51)66-30-15-9-23-56(66)59-44-41-55(48-70(59)78)79(71-32-16-13-26-62(71)63-28-20-31-67-74(63)64-27-10-14-29-65(64)77(67,7)8)53-39-35-49(36-40-53)50-21-19-22-54(45-50)80-72-33-17-11-24-60(72)61-25-12-18-34-73(61)80/h9-48H,1-8H3. The molecular weight excluding hydrogens is 965 g/mol. The molecule has 15 rings (SSSR count). The lowest BCUT2D eigenvalue weighted by molar-refractivity contribution is 0.586. The first-order chi connectivity index (χ1) is 38.7. The molecule has 3 aliphatic carbocycles. The van der Waals surface area contributed by atoms with Gasteiger partial charge in [0, 0.05) is 38.8 Å². The fourth-order valence-electron chi connectivity index (χ4n) is 14.4. The SMILES string of the molecule is CC(C)(C)c1ccc2c(c1)C1(c3ccccc3-c3ccc(N(c4ccc(-c5cccc(-n6c7ccccc7c7ccccc76)c5)cc4)c4ccccc4-c4cccc5c4-c4ccccc4C5(C)C)cc31)c1cc(C(C)(C)C)ccc1-2. The van der Waals surface area contributed by atoms with Gasteiger partial charge in [0.2, 0.25) is 0 Å². The molecule has 0 saturated heterocycles. The number of nitrogens with zero attached hydrogens (tertiary/aromatic N) is 2. The molecule has 386 valence electrons. The van der Waals surface area contributed by atoms with E-state index >= 15 is 0 Å². The molecule has 1 aromatic heterocycles. The number of hydrogen-bond donors (Lipinski definition) is 0. The minimum Gasteiger partial charge on any atom is -0.310 e. The number of anilines is 3. The molecule has 0 aliphatic heterocycles. The first kappa shape index (κ1) is 48.2. The number of rotatable bonds is 6. The Morgan fingerprint density at radius 2 is 0.825 bits per heavy atom. The van der Waals surface area contributed by atoms with E-state index in [1.165, 1.54) is 116 Å². The van der Waals surface area contributed by atoms with Crippen molar-refractivity contribution >= 4 is 38.9 Å². The van der Waals surface area contributed by atoms with E-state index in [-0.39, 0.29) is 16.2 Å². The second-order valence-corrected chi connectivity index (χ2v) is 25.3. The van der Waals surface area contributed by atoms with Crippen LogP contribution in [0.3, 0.4) is 0 Å². The zero-order valence-corrected chi connectivity index (χ0v) is 47.0. The van der Waals surface area contributed by atoms with E-state index in [1.807, 2.05) is 0 Å². The van der Waals surface area contributed by atoms with E-state index in [0.29, 0.717) is 0 Å². The molecule has 2 heteroatoms. The monoisotopic (exact) mass is 1030 g/mol. The van der Waals surface area contributed by atoms with Crippen molar-refractivity contribution in [2.24, 2.45) is 0 Å². The molecule has 0 N–H and O–H groups in total. The van der Waals surface area contributed by atoms with Crippen LogP contribution in [0.25, 0.3) is 83.1 Å². The van der Waals surface area contributed by atoms with Crippen molar-refractivity contribution in [2.75, 3.05) is 4.90 Å². The third kappa shape index (κ3) is 6.91. The Morgan fingerprint density at radius 3 is 1.48 bits per heavy atom. The van der Waals surface area contributed by atoms with E-state index in [1.54, 1.807) is 0 Å². The second kappa shape index (κ2) is 17.3. The van der Waals surface area contributed by atoms with E-state index < -0.39 is 5.41 Å².